The van der Waals surface area contributed by atoms with Gasteiger partial charge in [0.15, 0.2) is 5.43 Å². The molecule has 5 atom stereocenters. The molecule has 1 saturated heterocycles. The van der Waals surface area contributed by atoms with Gasteiger partial charge in [-0.05, 0) is 42.0 Å². The van der Waals surface area contributed by atoms with E-state index in [0.717, 1.165) is 6.07 Å². The molecule has 0 spiro atoms. The molecule has 204 valence electrons. The van der Waals surface area contributed by atoms with E-state index in [4.69, 9.17) is 9.15 Å². The molecule has 0 radical (unpaired) electrons. The van der Waals surface area contributed by atoms with Gasteiger partial charge >= 0.3 is 0 Å². The Kier molecular flexibility index (Phi) is 6.93. The fourth-order valence-electron chi connectivity index (χ4n) is 4.81. The standard InChI is InChI=1S/C28H26O11/c29-11-19-23(34)25(36)26(37)28(39-19)21-22(33)16(9-12-1-5-14(30)6-2-12)27-20(24(21)35)17(32)10-18(38-27)13-3-7-15(31)8-4-13/h1-8,10,19,23,25-26,28-31,33-37H,9,11H2/t19-,23-,25+,26-,28+/m1/s1. The molecule has 0 amide bonds. The maximum absolute atomic E-state index is 13.4. The van der Waals surface area contributed by atoms with Crippen molar-refractivity contribution in [2.24, 2.45) is 0 Å². The van der Waals surface area contributed by atoms with E-state index in [9.17, 15) is 45.6 Å². The number of fused-ring (bicyclic) bond motifs is 1. The number of aliphatic hydroxyl groups is 4. The summed E-state index contributed by atoms with van der Waals surface area (Å²) in [6, 6.07) is 12.9. The third kappa shape index (κ3) is 4.67. The van der Waals surface area contributed by atoms with Crippen LogP contribution < -0.4 is 5.43 Å². The van der Waals surface area contributed by atoms with E-state index in [2.05, 4.69) is 0 Å². The first-order chi connectivity index (χ1) is 18.6. The van der Waals surface area contributed by atoms with Gasteiger partial charge in [-0.2, -0.15) is 0 Å². The lowest BCUT2D eigenvalue weighted by molar-refractivity contribution is -0.232. The highest BCUT2D eigenvalue weighted by molar-refractivity contribution is 5.91. The second-order valence-corrected chi connectivity index (χ2v) is 9.41. The van der Waals surface area contributed by atoms with E-state index >= 15 is 0 Å². The molecule has 2 heterocycles. The first-order valence-electron chi connectivity index (χ1n) is 12.0. The number of aliphatic hydroxyl groups excluding tert-OH is 4. The van der Waals surface area contributed by atoms with Crippen molar-refractivity contribution in [1.82, 2.24) is 0 Å². The monoisotopic (exact) mass is 538 g/mol. The smallest absolute Gasteiger partial charge is 0.197 e. The zero-order valence-corrected chi connectivity index (χ0v) is 20.3. The van der Waals surface area contributed by atoms with E-state index in [0.29, 0.717) is 11.1 Å². The van der Waals surface area contributed by atoms with Crippen LogP contribution in [0.25, 0.3) is 22.3 Å². The lowest BCUT2D eigenvalue weighted by Crippen LogP contribution is -2.55. The predicted octanol–water partition coefficient (Wildman–Crippen LogP) is 1.39. The zero-order chi connectivity index (χ0) is 28.0. The quantitative estimate of drug-likeness (QED) is 0.182. The van der Waals surface area contributed by atoms with Gasteiger partial charge < -0.3 is 50.0 Å². The predicted molar refractivity (Wildman–Crippen MR) is 137 cm³/mol. The SMILES string of the molecule is O=c1cc(-c2ccc(O)cc2)oc2c(Cc3ccc(O)cc3)c(O)c([C@@H]3O[C@H](CO)[C@@H](O)[C@H](O)[C@H]3O)c(O)c12. The Balaban J connectivity index is 1.77. The molecule has 1 fully saturated rings. The number of benzene rings is 3. The first kappa shape index (κ1) is 26.5. The number of rotatable bonds is 5. The average molecular weight is 539 g/mol. The summed E-state index contributed by atoms with van der Waals surface area (Å²) in [4.78, 5) is 13.4. The summed E-state index contributed by atoms with van der Waals surface area (Å²) in [5.41, 5.74) is -0.264. The summed E-state index contributed by atoms with van der Waals surface area (Å²) < 4.78 is 11.6. The maximum atomic E-state index is 13.4. The second kappa shape index (κ2) is 10.2. The number of hydrogen-bond donors (Lipinski definition) is 8. The Morgan fingerprint density at radius 2 is 1.38 bits per heavy atom. The van der Waals surface area contributed by atoms with Gasteiger partial charge in [0.1, 0.15) is 70.2 Å². The maximum Gasteiger partial charge on any atom is 0.197 e. The molecular weight excluding hydrogens is 512 g/mol. The van der Waals surface area contributed by atoms with Gasteiger partial charge in [0, 0.05) is 23.6 Å². The van der Waals surface area contributed by atoms with Crippen molar-refractivity contribution in [3.63, 3.8) is 0 Å². The fourth-order valence-corrected chi connectivity index (χ4v) is 4.81. The number of aromatic hydroxyl groups is 4. The number of hydrogen-bond acceptors (Lipinski definition) is 11. The van der Waals surface area contributed by atoms with Crippen LogP contribution in [0.4, 0.5) is 0 Å². The molecule has 0 aliphatic carbocycles. The van der Waals surface area contributed by atoms with Crippen LogP contribution in [0.1, 0.15) is 22.8 Å². The summed E-state index contributed by atoms with van der Waals surface area (Å²) in [7, 11) is 0. The van der Waals surface area contributed by atoms with Gasteiger partial charge in [-0.15, -0.1) is 0 Å². The second-order valence-electron chi connectivity index (χ2n) is 9.41. The van der Waals surface area contributed by atoms with E-state index in [1.54, 1.807) is 12.1 Å². The van der Waals surface area contributed by atoms with Crippen molar-refractivity contribution in [3.8, 4) is 34.3 Å². The summed E-state index contributed by atoms with van der Waals surface area (Å²) in [6.45, 7) is -0.741. The molecule has 0 bridgehead atoms. The zero-order valence-electron chi connectivity index (χ0n) is 20.3. The van der Waals surface area contributed by atoms with Gasteiger partial charge in [0.05, 0.1) is 12.2 Å². The third-order valence-corrected chi connectivity index (χ3v) is 6.90. The van der Waals surface area contributed by atoms with Crippen LogP contribution in [0, 0.1) is 0 Å². The summed E-state index contributed by atoms with van der Waals surface area (Å²) >= 11 is 0. The fraction of sp³-hybridized carbons (Fsp3) is 0.250. The molecule has 0 unspecified atom stereocenters. The number of ether oxygens (including phenoxy) is 1. The molecule has 1 aliphatic rings. The number of phenolic OH excluding ortho intramolecular Hbond substituents is 4. The highest BCUT2D eigenvalue weighted by atomic mass is 16.5. The Morgan fingerprint density at radius 1 is 0.769 bits per heavy atom. The van der Waals surface area contributed by atoms with Crippen LogP contribution in [-0.2, 0) is 11.2 Å². The lowest BCUT2D eigenvalue weighted by Gasteiger charge is -2.40. The molecular formula is C28H26O11. The van der Waals surface area contributed by atoms with Crippen LogP contribution in [0.5, 0.6) is 23.0 Å². The molecule has 1 aromatic heterocycles. The summed E-state index contributed by atoms with van der Waals surface area (Å²) in [5, 5.41) is 82.5. The average Bonchev–Trinajstić information content (AvgIpc) is 2.92. The largest absolute Gasteiger partial charge is 0.508 e. The molecule has 11 nitrogen and oxygen atoms in total. The van der Waals surface area contributed by atoms with Crippen LogP contribution in [0.2, 0.25) is 0 Å². The van der Waals surface area contributed by atoms with Crippen molar-refractivity contribution in [2.45, 2.75) is 36.9 Å². The van der Waals surface area contributed by atoms with Crippen molar-refractivity contribution >= 4 is 11.0 Å². The molecule has 3 aromatic carbocycles. The van der Waals surface area contributed by atoms with E-state index in [1.165, 1.54) is 36.4 Å². The highest BCUT2D eigenvalue weighted by Gasteiger charge is 2.46. The van der Waals surface area contributed by atoms with Crippen molar-refractivity contribution in [3.05, 3.63) is 81.5 Å². The van der Waals surface area contributed by atoms with E-state index in [1.807, 2.05) is 0 Å². The minimum Gasteiger partial charge on any atom is -0.508 e. The van der Waals surface area contributed by atoms with Crippen LogP contribution in [0.3, 0.4) is 0 Å². The van der Waals surface area contributed by atoms with Gasteiger partial charge in [-0.25, -0.2) is 0 Å². The molecule has 8 N–H and O–H groups in total. The molecule has 11 heteroatoms. The van der Waals surface area contributed by atoms with Crippen molar-refractivity contribution in [2.75, 3.05) is 6.61 Å². The van der Waals surface area contributed by atoms with Crippen LogP contribution in [0.15, 0.2) is 63.8 Å². The minimum absolute atomic E-state index is 0.00157. The van der Waals surface area contributed by atoms with Gasteiger partial charge in [-0.3, -0.25) is 4.79 Å². The lowest BCUT2D eigenvalue weighted by atomic mass is 9.87. The van der Waals surface area contributed by atoms with Gasteiger partial charge in [0.2, 0.25) is 0 Å². The topological polar surface area (TPSA) is 201 Å². The van der Waals surface area contributed by atoms with Crippen LogP contribution in [-0.4, -0.2) is 71.9 Å². The highest BCUT2D eigenvalue weighted by Crippen LogP contribution is 2.47. The Morgan fingerprint density at radius 3 is 2.00 bits per heavy atom. The van der Waals surface area contributed by atoms with Crippen LogP contribution >= 0.6 is 0 Å². The van der Waals surface area contributed by atoms with Gasteiger partial charge in [0.25, 0.3) is 0 Å². The molecule has 1 aliphatic heterocycles. The Bertz CT molecular complexity index is 1560. The normalized spacial score (nSPS) is 23.2. The van der Waals surface area contributed by atoms with Crippen molar-refractivity contribution in [1.29, 1.82) is 0 Å². The van der Waals surface area contributed by atoms with Gasteiger partial charge in [-0.1, -0.05) is 12.1 Å². The third-order valence-electron chi connectivity index (χ3n) is 6.90. The first-order valence-corrected chi connectivity index (χ1v) is 12.0. The van der Waals surface area contributed by atoms with E-state index < -0.39 is 59.6 Å². The number of phenols is 4. The Hall–Kier alpha value is -4.13. The molecule has 39 heavy (non-hydrogen) atoms. The van der Waals surface area contributed by atoms with E-state index in [-0.39, 0.29) is 40.2 Å². The molecule has 0 saturated carbocycles. The molecule has 5 rings (SSSR count). The Labute approximate surface area is 220 Å². The summed E-state index contributed by atoms with van der Waals surface area (Å²) in [6.07, 6.45) is -8.36. The summed E-state index contributed by atoms with van der Waals surface area (Å²) in [5.74, 6) is -1.30. The molecule has 4 aromatic rings. The minimum atomic E-state index is -1.85. The van der Waals surface area contributed by atoms with Crippen molar-refractivity contribution < 1.29 is 50.0 Å².